The Morgan fingerprint density at radius 1 is 1.03 bits per heavy atom. The van der Waals surface area contributed by atoms with Crippen LogP contribution >= 0.6 is 0 Å². The number of amides is 1. The average Bonchev–Trinajstić information content (AvgIpc) is 2.78. The van der Waals surface area contributed by atoms with Crippen LogP contribution in [-0.2, 0) is 14.8 Å². The fraction of sp³-hybridized carbons (Fsp3) is 0.292. The number of nitrogens with one attached hydrogen (secondary N) is 1. The summed E-state index contributed by atoms with van der Waals surface area (Å²) in [6, 6.07) is 19.7. The van der Waals surface area contributed by atoms with Gasteiger partial charge in [-0.3, -0.25) is 4.79 Å². The van der Waals surface area contributed by atoms with Crippen molar-refractivity contribution >= 4 is 32.4 Å². The number of hydrogen-bond acceptors (Lipinski definition) is 4. The minimum Gasteiger partial charge on any atom is -0.497 e. The molecule has 0 radical (unpaired) electrons. The molecule has 6 nitrogen and oxygen atoms in total. The highest BCUT2D eigenvalue weighted by atomic mass is 32.2. The summed E-state index contributed by atoms with van der Waals surface area (Å²) in [6.45, 7) is 3.88. The summed E-state index contributed by atoms with van der Waals surface area (Å²) in [5.74, 6) is 0.359. The van der Waals surface area contributed by atoms with Crippen LogP contribution < -0.4 is 10.1 Å². The van der Waals surface area contributed by atoms with E-state index < -0.39 is 10.0 Å². The molecule has 1 atom stereocenters. The van der Waals surface area contributed by atoms with Crippen LogP contribution in [0.4, 0.5) is 5.69 Å². The molecule has 0 saturated carbocycles. The van der Waals surface area contributed by atoms with Crippen molar-refractivity contribution in [3.8, 4) is 5.75 Å². The number of fused-ring (bicyclic) bond motifs is 1. The number of rotatable bonds is 9. The molecule has 0 aliphatic heterocycles. The van der Waals surface area contributed by atoms with E-state index in [1.807, 2.05) is 56.3 Å². The average molecular weight is 441 g/mol. The lowest BCUT2D eigenvalue weighted by Gasteiger charge is -2.27. The van der Waals surface area contributed by atoms with Crippen LogP contribution in [0.25, 0.3) is 10.8 Å². The predicted molar refractivity (Wildman–Crippen MR) is 124 cm³/mol. The summed E-state index contributed by atoms with van der Waals surface area (Å²) in [6.07, 6.45) is 0.703. The van der Waals surface area contributed by atoms with Crippen molar-refractivity contribution < 1.29 is 17.9 Å². The van der Waals surface area contributed by atoms with E-state index in [1.165, 1.54) is 23.5 Å². The van der Waals surface area contributed by atoms with Gasteiger partial charge in [0.15, 0.2) is 0 Å². The SMILES string of the molecule is CCC(C)N(CCC(=O)Nc1ccc2ccccc2c1)S(=O)(=O)c1ccc(OC)cc1. The first-order chi connectivity index (χ1) is 14.8. The maximum atomic E-state index is 13.2. The smallest absolute Gasteiger partial charge is 0.243 e. The van der Waals surface area contributed by atoms with Gasteiger partial charge >= 0.3 is 0 Å². The minimum atomic E-state index is -3.74. The maximum Gasteiger partial charge on any atom is 0.243 e. The summed E-state index contributed by atoms with van der Waals surface area (Å²) in [7, 11) is -2.21. The van der Waals surface area contributed by atoms with E-state index in [9.17, 15) is 13.2 Å². The Labute approximate surface area is 183 Å². The molecule has 0 aliphatic rings. The lowest BCUT2D eigenvalue weighted by atomic mass is 10.1. The number of ether oxygens (including phenoxy) is 1. The molecule has 0 saturated heterocycles. The summed E-state index contributed by atoms with van der Waals surface area (Å²) < 4.78 is 32.9. The lowest BCUT2D eigenvalue weighted by Crippen LogP contribution is -2.40. The van der Waals surface area contributed by atoms with Crippen molar-refractivity contribution in [3.63, 3.8) is 0 Å². The highest BCUT2D eigenvalue weighted by Crippen LogP contribution is 2.23. The van der Waals surface area contributed by atoms with E-state index in [2.05, 4.69) is 5.32 Å². The van der Waals surface area contributed by atoms with Crippen LogP contribution in [0.1, 0.15) is 26.7 Å². The molecule has 0 fully saturated rings. The summed E-state index contributed by atoms with van der Waals surface area (Å²) in [4.78, 5) is 12.7. The Bertz CT molecular complexity index is 1140. The number of anilines is 1. The van der Waals surface area contributed by atoms with Gasteiger partial charge in [0.2, 0.25) is 15.9 Å². The van der Waals surface area contributed by atoms with Crippen molar-refractivity contribution in [3.05, 3.63) is 66.7 Å². The summed E-state index contributed by atoms with van der Waals surface area (Å²) in [5.41, 5.74) is 0.691. The standard InChI is InChI=1S/C24H28N2O4S/c1-4-18(2)26(31(28,29)23-13-11-22(30-3)12-14-23)16-15-24(27)25-21-10-9-19-7-5-6-8-20(19)17-21/h5-14,17-18H,4,15-16H2,1-3H3,(H,25,27). The molecular formula is C24H28N2O4S. The van der Waals surface area contributed by atoms with E-state index in [4.69, 9.17) is 4.74 Å². The van der Waals surface area contributed by atoms with Gasteiger partial charge in [-0.2, -0.15) is 4.31 Å². The van der Waals surface area contributed by atoms with Crippen LogP contribution in [0.5, 0.6) is 5.75 Å². The lowest BCUT2D eigenvalue weighted by molar-refractivity contribution is -0.116. The number of carbonyl (C=O) groups is 1. The van der Waals surface area contributed by atoms with E-state index >= 15 is 0 Å². The number of carbonyl (C=O) groups excluding carboxylic acids is 1. The largest absolute Gasteiger partial charge is 0.497 e. The second kappa shape index (κ2) is 9.94. The zero-order chi connectivity index (χ0) is 22.4. The van der Waals surface area contributed by atoms with Gasteiger partial charge in [0.1, 0.15) is 5.75 Å². The van der Waals surface area contributed by atoms with E-state index in [1.54, 1.807) is 12.1 Å². The molecule has 3 aromatic carbocycles. The molecule has 164 valence electrons. The number of methoxy groups -OCH3 is 1. The topological polar surface area (TPSA) is 75.7 Å². The first kappa shape index (κ1) is 22.8. The van der Waals surface area contributed by atoms with E-state index in [0.717, 1.165) is 10.8 Å². The first-order valence-corrected chi connectivity index (χ1v) is 11.7. The molecule has 1 N–H and O–H groups in total. The zero-order valence-corrected chi connectivity index (χ0v) is 18.9. The maximum absolute atomic E-state index is 13.2. The third kappa shape index (κ3) is 5.42. The molecule has 1 amide bonds. The molecule has 7 heteroatoms. The second-order valence-corrected chi connectivity index (χ2v) is 9.30. The Hall–Kier alpha value is -2.90. The molecular weight excluding hydrogens is 412 g/mol. The molecule has 1 unspecified atom stereocenters. The Kier molecular flexibility index (Phi) is 7.30. The van der Waals surface area contributed by atoms with Gasteiger partial charge in [0, 0.05) is 24.7 Å². The molecule has 0 aliphatic carbocycles. The van der Waals surface area contributed by atoms with Gasteiger partial charge in [-0.05, 0) is 60.5 Å². The van der Waals surface area contributed by atoms with Crippen LogP contribution in [0.3, 0.4) is 0 Å². The predicted octanol–water partition coefficient (Wildman–Crippen LogP) is 4.67. The van der Waals surface area contributed by atoms with Gasteiger partial charge < -0.3 is 10.1 Å². The minimum absolute atomic E-state index is 0.0621. The fourth-order valence-corrected chi connectivity index (χ4v) is 5.07. The number of benzene rings is 3. The number of hydrogen-bond donors (Lipinski definition) is 1. The fourth-order valence-electron chi connectivity index (χ4n) is 3.37. The van der Waals surface area contributed by atoms with Crippen LogP contribution in [0.2, 0.25) is 0 Å². The third-order valence-corrected chi connectivity index (χ3v) is 7.37. The third-order valence-electron chi connectivity index (χ3n) is 5.34. The van der Waals surface area contributed by atoms with E-state index in [-0.39, 0.29) is 29.8 Å². The Balaban J connectivity index is 1.71. The van der Waals surface area contributed by atoms with Crippen LogP contribution in [0.15, 0.2) is 71.6 Å². The molecule has 31 heavy (non-hydrogen) atoms. The normalized spacial score (nSPS) is 12.6. The number of sulfonamides is 1. The van der Waals surface area contributed by atoms with Crippen molar-refractivity contribution in [2.45, 2.75) is 37.6 Å². The Morgan fingerprint density at radius 3 is 2.35 bits per heavy atom. The van der Waals surface area contributed by atoms with Gasteiger partial charge in [0.05, 0.1) is 12.0 Å². The van der Waals surface area contributed by atoms with Crippen LogP contribution in [-0.4, -0.2) is 38.3 Å². The van der Waals surface area contributed by atoms with Gasteiger partial charge in [-0.1, -0.05) is 37.3 Å². The molecule has 0 bridgehead atoms. The van der Waals surface area contributed by atoms with Gasteiger partial charge in [-0.25, -0.2) is 8.42 Å². The molecule has 0 aromatic heterocycles. The van der Waals surface area contributed by atoms with E-state index in [0.29, 0.717) is 17.9 Å². The quantitative estimate of drug-likeness (QED) is 0.525. The molecule has 3 rings (SSSR count). The first-order valence-electron chi connectivity index (χ1n) is 10.3. The zero-order valence-electron chi connectivity index (χ0n) is 18.0. The van der Waals surface area contributed by atoms with Crippen molar-refractivity contribution in [2.24, 2.45) is 0 Å². The Morgan fingerprint density at radius 2 is 1.71 bits per heavy atom. The monoisotopic (exact) mass is 440 g/mol. The van der Waals surface area contributed by atoms with Gasteiger partial charge in [-0.15, -0.1) is 0 Å². The molecule has 0 heterocycles. The second-order valence-electron chi connectivity index (χ2n) is 7.41. The summed E-state index contributed by atoms with van der Waals surface area (Å²) in [5, 5.41) is 5.00. The highest BCUT2D eigenvalue weighted by molar-refractivity contribution is 7.89. The van der Waals surface area contributed by atoms with Crippen molar-refractivity contribution in [1.82, 2.24) is 4.31 Å². The summed E-state index contributed by atoms with van der Waals surface area (Å²) >= 11 is 0. The molecule has 0 spiro atoms. The highest BCUT2D eigenvalue weighted by Gasteiger charge is 2.28. The van der Waals surface area contributed by atoms with Crippen molar-refractivity contribution in [2.75, 3.05) is 19.0 Å². The van der Waals surface area contributed by atoms with Crippen molar-refractivity contribution in [1.29, 1.82) is 0 Å². The van der Waals surface area contributed by atoms with Crippen LogP contribution in [0, 0.1) is 0 Å². The number of nitrogens with zero attached hydrogens (tertiary/aromatic N) is 1. The molecule has 3 aromatic rings. The van der Waals surface area contributed by atoms with Gasteiger partial charge in [0.25, 0.3) is 0 Å².